The molecule has 1 heterocycles. The lowest BCUT2D eigenvalue weighted by Gasteiger charge is -2.38. The molecule has 0 radical (unpaired) electrons. The number of nitrogens with zero attached hydrogens (tertiary/aromatic N) is 1. The summed E-state index contributed by atoms with van der Waals surface area (Å²) in [5.41, 5.74) is -0.610. The maximum atomic E-state index is 11.1. The number of aliphatic hydroxyl groups is 1. The zero-order valence-corrected chi connectivity index (χ0v) is 9.75. The van der Waals surface area contributed by atoms with Crippen LogP contribution in [0.25, 0.3) is 0 Å². The Morgan fingerprint density at radius 1 is 1.47 bits per heavy atom. The minimum atomic E-state index is -0.610. The van der Waals surface area contributed by atoms with E-state index in [0.29, 0.717) is 32.5 Å². The van der Waals surface area contributed by atoms with Crippen molar-refractivity contribution in [3.05, 3.63) is 0 Å². The second-order valence-electron chi connectivity index (χ2n) is 4.41. The summed E-state index contributed by atoms with van der Waals surface area (Å²) in [7, 11) is 0. The van der Waals surface area contributed by atoms with Gasteiger partial charge in [0.25, 0.3) is 0 Å². The Bertz CT molecular complexity index is 211. The Hall–Kier alpha value is -0.610. The quantitative estimate of drug-likeness (QED) is 0.664. The van der Waals surface area contributed by atoms with Crippen molar-refractivity contribution >= 4 is 5.91 Å². The minimum Gasteiger partial charge on any atom is -0.388 e. The molecule has 1 rings (SSSR count). The second-order valence-corrected chi connectivity index (χ2v) is 4.41. The highest BCUT2D eigenvalue weighted by atomic mass is 16.3. The molecule has 0 spiro atoms. The molecule has 0 bridgehead atoms. The Kier molecular flexibility index (Phi) is 4.54. The predicted octanol–water partition coefficient (Wildman–Crippen LogP) is 0.359. The van der Waals surface area contributed by atoms with Gasteiger partial charge in [0.15, 0.2) is 0 Å². The van der Waals surface area contributed by atoms with Crippen LogP contribution >= 0.6 is 0 Å². The molecule has 0 aromatic rings. The summed E-state index contributed by atoms with van der Waals surface area (Å²) in [6.07, 6.45) is 2.45. The molecule has 1 saturated heterocycles. The van der Waals surface area contributed by atoms with Gasteiger partial charge < -0.3 is 15.3 Å². The molecular formula is C11H22N2O2. The number of carbonyl (C=O) groups is 1. The third-order valence-electron chi connectivity index (χ3n) is 3.02. The average molecular weight is 214 g/mol. The minimum absolute atomic E-state index is 0.110. The first-order valence-corrected chi connectivity index (χ1v) is 5.76. The fourth-order valence-electron chi connectivity index (χ4n) is 1.91. The van der Waals surface area contributed by atoms with Crippen LogP contribution in [0.4, 0.5) is 0 Å². The number of amides is 1. The van der Waals surface area contributed by atoms with E-state index >= 15 is 0 Å². The first kappa shape index (κ1) is 12.5. The van der Waals surface area contributed by atoms with Gasteiger partial charge in [0.05, 0.1) is 5.60 Å². The summed E-state index contributed by atoms with van der Waals surface area (Å²) in [4.78, 5) is 12.9. The molecule has 0 unspecified atom stereocenters. The van der Waals surface area contributed by atoms with Gasteiger partial charge in [-0.15, -0.1) is 0 Å². The summed E-state index contributed by atoms with van der Waals surface area (Å²) in [5, 5.41) is 13.4. The van der Waals surface area contributed by atoms with Crippen LogP contribution in [0.3, 0.4) is 0 Å². The summed E-state index contributed by atoms with van der Waals surface area (Å²) in [5.74, 6) is 0.110. The molecule has 1 amide bonds. The largest absolute Gasteiger partial charge is 0.388 e. The molecule has 4 nitrogen and oxygen atoms in total. The number of likely N-dealkylation sites (tertiary alicyclic amines) is 1. The standard InChI is InChI=1S/C11H22N2O2/c1-3-6-12-9-11(15)4-7-13(8-5-11)10(2)14/h12,15H,3-9H2,1-2H3. The van der Waals surface area contributed by atoms with Crippen LogP contribution in [0, 0.1) is 0 Å². The van der Waals surface area contributed by atoms with Gasteiger partial charge in [0, 0.05) is 26.6 Å². The van der Waals surface area contributed by atoms with Crippen LogP contribution in [0.15, 0.2) is 0 Å². The average Bonchev–Trinajstić information content (AvgIpc) is 2.18. The van der Waals surface area contributed by atoms with Crippen molar-refractivity contribution in [1.82, 2.24) is 10.2 Å². The Morgan fingerprint density at radius 3 is 2.53 bits per heavy atom. The van der Waals surface area contributed by atoms with Gasteiger partial charge in [0.2, 0.25) is 5.91 Å². The highest BCUT2D eigenvalue weighted by molar-refractivity contribution is 5.73. The molecule has 1 aliphatic heterocycles. The molecule has 0 aliphatic carbocycles. The highest BCUT2D eigenvalue weighted by Gasteiger charge is 2.32. The molecule has 0 saturated carbocycles. The first-order chi connectivity index (χ1) is 7.07. The lowest BCUT2D eigenvalue weighted by atomic mass is 9.91. The number of piperidine rings is 1. The molecule has 88 valence electrons. The van der Waals surface area contributed by atoms with Crippen LogP contribution in [0.5, 0.6) is 0 Å². The Labute approximate surface area is 91.6 Å². The van der Waals surface area contributed by atoms with Crippen molar-refractivity contribution in [2.24, 2.45) is 0 Å². The van der Waals surface area contributed by atoms with Crippen molar-refractivity contribution in [3.63, 3.8) is 0 Å². The summed E-state index contributed by atoms with van der Waals surface area (Å²) < 4.78 is 0. The van der Waals surface area contributed by atoms with E-state index in [-0.39, 0.29) is 5.91 Å². The van der Waals surface area contributed by atoms with Gasteiger partial charge in [-0.2, -0.15) is 0 Å². The molecular weight excluding hydrogens is 192 g/mol. The van der Waals surface area contributed by atoms with Crippen molar-refractivity contribution in [1.29, 1.82) is 0 Å². The van der Waals surface area contributed by atoms with E-state index in [9.17, 15) is 9.90 Å². The van der Waals surface area contributed by atoms with Crippen LogP contribution in [0.1, 0.15) is 33.1 Å². The fourth-order valence-corrected chi connectivity index (χ4v) is 1.91. The zero-order valence-electron chi connectivity index (χ0n) is 9.75. The number of nitrogens with one attached hydrogen (secondary N) is 1. The van der Waals surface area contributed by atoms with Crippen molar-refractivity contribution in [3.8, 4) is 0 Å². The maximum Gasteiger partial charge on any atom is 0.219 e. The summed E-state index contributed by atoms with van der Waals surface area (Å²) in [6.45, 7) is 6.64. The predicted molar refractivity (Wildman–Crippen MR) is 59.6 cm³/mol. The van der Waals surface area contributed by atoms with E-state index < -0.39 is 5.60 Å². The van der Waals surface area contributed by atoms with Crippen LogP contribution in [-0.2, 0) is 4.79 Å². The Balaban J connectivity index is 2.30. The highest BCUT2D eigenvalue weighted by Crippen LogP contribution is 2.21. The molecule has 4 heteroatoms. The third kappa shape index (κ3) is 3.80. The van der Waals surface area contributed by atoms with Crippen LogP contribution < -0.4 is 5.32 Å². The SMILES string of the molecule is CCCNCC1(O)CCN(C(C)=O)CC1. The molecule has 15 heavy (non-hydrogen) atoms. The molecule has 1 fully saturated rings. The molecule has 0 aromatic carbocycles. The van der Waals surface area contributed by atoms with Crippen LogP contribution in [0.2, 0.25) is 0 Å². The number of carbonyl (C=O) groups excluding carboxylic acids is 1. The number of rotatable bonds is 4. The third-order valence-corrected chi connectivity index (χ3v) is 3.02. The van der Waals surface area contributed by atoms with E-state index in [4.69, 9.17) is 0 Å². The van der Waals surface area contributed by atoms with Crippen LogP contribution in [-0.4, -0.2) is 47.7 Å². The van der Waals surface area contributed by atoms with Gasteiger partial charge in [-0.3, -0.25) is 4.79 Å². The lowest BCUT2D eigenvalue weighted by molar-refractivity contribution is -0.132. The summed E-state index contributed by atoms with van der Waals surface area (Å²) >= 11 is 0. The van der Waals surface area contributed by atoms with Crippen molar-refractivity contribution < 1.29 is 9.90 Å². The fraction of sp³-hybridized carbons (Fsp3) is 0.909. The molecule has 2 N–H and O–H groups in total. The number of hydrogen-bond acceptors (Lipinski definition) is 3. The number of hydrogen-bond donors (Lipinski definition) is 2. The van der Waals surface area contributed by atoms with Gasteiger partial charge in [-0.25, -0.2) is 0 Å². The van der Waals surface area contributed by atoms with E-state index in [1.54, 1.807) is 11.8 Å². The van der Waals surface area contributed by atoms with E-state index in [1.807, 2.05) is 0 Å². The second kappa shape index (κ2) is 5.47. The summed E-state index contributed by atoms with van der Waals surface area (Å²) in [6, 6.07) is 0. The first-order valence-electron chi connectivity index (χ1n) is 5.76. The molecule has 0 atom stereocenters. The topological polar surface area (TPSA) is 52.6 Å². The monoisotopic (exact) mass is 214 g/mol. The molecule has 1 aliphatic rings. The van der Waals surface area contributed by atoms with Gasteiger partial charge in [-0.05, 0) is 25.8 Å². The van der Waals surface area contributed by atoms with Gasteiger partial charge in [-0.1, -0.05) is 6.92 Å². The smallest absolute Gasteiger partial charge is 0.219 e. The molecule has 0 aromatic heterocycles. The van der Waals surface area contributed by atoms with E-state index in [1.165, 1.54) is 0 Å². The normalized spacial score (nSPS) is 20.3. The maximum absolute atomic E-state index is 11.1. The van der Waals surface area contributed by atoms with Gasteiger partial charge >= 0.3 is 0 Å². The van der Waals surface area contributed by atoms with Crippen molar-refractivity contribution in [2.45, 2.75) is 38.7 Å². The van der Waals surface area contributed by atoms with E-state index in [0.717, 1.165) is 13.0 Å². The van der Waals surface area contributed by atoms with Crippen molar-refractivity contribution in [2.75, 3.05) is 26.2 Å². The lowest BCUT2D eigenvalue weighted by Crippen LogP contribution is -2.50. The van der Waals surface area contributed by atoms with E-state index in [2.05, 4.69) is 12.2 Å². The zero-order chi connectivity index (χ0) is 11.3. The Morgan fingerprint density at radius 2 is 2.07 bits per heavy atom. The van der Waals surface area contributed by atoms with Gasteiger partial charge in [0.1, 0.15) is 0 Å².